The molecule has 34 valence electrons. The number of rotatable bonds is 0. The van der Waals surface area contributed by atoms with Gasteiger partial charge in [-0.25, -0.2) is 0 Å². The summed E-state index contributed by atoms with van der Waals surface area (Å²) in [5.74, 6) is 0. The molecule has 0 aromatic heterocycles. The zero-order valence-corrected chi connectivity index (χ0v) is 7.38. The van der Waals surface area contributed by atoms with Crippen molar-refractivity contribution < 1.29 is 38.0 Å². The van der Waals surface area contributed by atoms with Crippen LogP contribution in [0.4, 0.5) is 0 Å². The van der Waals surface area contributed by atoms with Gasteiger partial charge in [0.05, 0.1) is 0 Å². The molecule has 0 atom stereocenters. The smallest absolute Gasteiger partial charge is 0.813 e. The molecule has 0 bridgehead atoms. The van der Waals surface area contributed by atoms with Crippen LogP contribution in [0.5, 0.6) is 0 Å². The third-order valence-corrected chi connectivity index (χ3v) is 0. The van der Waals surface area contributed by atoms with E-state index < -0.39 is 10.7 Å². The van der Waals surface area contributed by atoms with Crippen molar-refractivity contribution in [3.8, 4) is 0 Å². The van der Waals surface area contributed by atoms with Gasteiger partial charge in [-0.15, -0.1) is 0 Å². The topological polar surface area (TPSA) is 34.1 Å². The van der Waals surface area contributed by atoms with Crippen molar-refractivity contribution in [3.63, 3.8) is 0 Å². The van der Waals surface area contributed by atoms with Crippen LogP contribution in [0.25, 0.3) is 0 Å². The molecule has 0 amide bonds. The van der Waals surface area contributed by atoms with Gasteiger partial charge in [-0.2, -0.15) is 0 Å². The Kier molecular flexibility index (Phi) is 25.0. The molecule has 0 fully saturated rings. The number of hydrogen-bond acceptors (Lipinski definition) is 4. The Bertz CT molecular complexity index is 59.9. The third-order valence-electron chi connectivity index (χ3n) is 0. The summed E-state index contributed by atoms with van der Waals surface area (Å²) in [6.45, 7) is 0. The minimum Gasteiger partial charge on any atom is -0.813 e. The van der Waals surface area contributed by atoms with E-state index in [1.165, 1.54) is 0 Å². The fourth-order valence-electron chi connectivity index (χ4n) is 0. The molecule has 0 aromatic carbocycles. The second-order valence-electron chi connectivity index (χ2n) is 0.401. The normalized spacial score (nSPS) is 5.67. The molecule has 0 rings (SSSR count). The van der Waals surface area contributed by atoms with Gasteiger partial charge in [-0.3, -0.25) is 0 Å². The summed E-state index contributed by atoms with van der Waals surface area (Å²) >= 11 is 0. The van der Waals surface area contributed by atoms with Crippen molar-refractivity contribution in [1.29, 1.82) is 0 Å². The first-order valence-electron chi connectivity index (χ1n) is 0.742. The van der Waals surface area contributed by atoms with Crippen molar-refractivity contribution in [2.24, 2.45) is 0 Å². The SMILES string of the molecule is C[S-](=O)=O.[Na+].[SH-]. The van der Waals surface area contributed by atoms with E-state index in [2.05, 4.69) is 0 Å². The zero-order chi connectivity index (χ0) is 3.58. The average molecular weight is 135 g/mol. The monoisotopic (exact) mass is 135 g/mol. The van der Waals surface area contributed by atoms with Crippen LogP contribution in [-0.2, 0) is 32.6 Å². The van der Waals surface area contributed by atoms with Gasteiger partial charge in [0.1, 0.15) is 0 Å². The Morgan fingerprint density at radius 2 is 1.33 bits per heavy atom. The zero-order valence-electron chi connectivity index (χ0n) is 3.67. The minimum absolute atomic E-state index is 0. The standard InChI is InChI=1S/CH3O2S.Na.H2S/c1-4(2)3;;/h1H3;;1H2/q-1;+1;/p-1. The molecular weight excluding hydrogens is 131 g/mol. The van der Waals surface area contributed by atoms with Crippen molar-refractivity contribution in [3.05, 3.63) is 0 Å². The van der Waals surface area contributed by atoms with Crippen molar-refractivity contribution in [1.82, 2.24) is 0 Å². The average Bonchev–Trinajstić information content (AvgIpc) is 0.811. The van der Waals surface area contributed by atoms with Crippen LogP contribution in [0.15, 0.2) is 0 Å². The predicted octanol–water partition coefficient (Wildman–Crippen LogP) is -3.34. The molecule has 0 spiro atoms. The second kappa shape index (κ2) is 9.57. The minimum atomic E-state index is -1.86. The van der Waals surface area contributed by atoms with E-state index in [1.807, 2.05) is 0 Å². The van der Waals surface area contributed by atoms with E-state index in [0.717, 1.165) is 6.26 Å². The molecule has 0 aromatic rings. The maximum Gasteiger partial charge on any atom is 1.00 e. The second-order valence-corrected chi connectivity index (χ2v) is 1.20. The van der Waals surface area contributed by atoms with Crippen molar-refractivity contribution in [2.75, 3.05) is 6.26 Å². The molecule has 0 unspecified atom stereocenters. The van der Waals surface area contributed by atoms with Crippen molar-refractivity contribution in [2.45, 2.75) is 0 Å². The quantitative estimate of drug-likeness (QED) is 0.198. The van der Waals surface area contributed by atoms with Crippen LogP contribution >= 0.6 is 0 Å². The summed E-state index contributed by atoms with van der Waals surface area (Å²) in [5.41, 5.74) is 0. The van der Waals surface area contributed by atoms with Crippen LogP contribution < -0.4 is 29.6 Å². The van der Waals surface area contributed by atoms with Crippen LogP contribution in [-0.4, -0.2) is 6.26 Å². The van der Waals surface area contributed by atoms with E-state index in [-0.39, 0.29) is 43.1 Å². The maximum atomic E-state index is 9.00. The Balaban J connectivity index is -0.0000000450. The van der Waals surface area contributed by atoms with Crippen LogP contribution in [0, 0.1) is 0 Å². The summed E-state index contributed by atoms with van der Waals surface area (Å²) in [6.07, 6.45) is 1.08. The Morgan fingerprint density at radius 3 is 1.33 bits per heavy atom. The van der Waals surface area contributed by atoms with Crippen LogP contribution in [0.2, 0.25) is 0 Å². The van der Waals surface area contributed by atoms with E-state index in [0.29, 0.717) is 0 Å². The van der Waals surface area contributed by atoms with Gasteiger partial charge < -0.3 is 21.9 Å². The fraction of sp³-hybridized carbons (Fsp3) is 1.00. The summed E-state index contributed by atoms with van der Waals surface area (Å²) in [4.78, 5) is 0. The molecule has 0 aliphatic heterocycles. The van der Waals surface area contributed by atoms with E-state index in [9.17, 15) is 0 Å². The first kappa shape index (κ1) is 15.7. The molecule has 6 heavy (non-hydrogen) atoms. The van der Waals surface area contributed by atoms with Crippen LogP contribution in [0.3, 0.4) is 0 Å². The van der Waals surface area contributed by atoms with Gasteiger partial charge in [0, 0.05) is 0 Å². The first-order valence-corrected chi connectivity index (χ1v) is 2.22. The Morgan fingerprint density at radius 1 is 1.33 bits per heavy atom. The van der Waals surface area contributed by atoms with Crippen molar-refractivity contribution >= 4 is 24.2 Å². The molecule has 0 saturated heterocycles. The van der Waals surface area contributed by atoms with Gasteiger partial charge >= 0.3 is 29.6 Å². The van der Waals surface area contributed by atoms with Crippen LogP contribution in [0.1, 0.15) is 0 Å². The molecule has 0 heterocycles. The van der Waals surface area contributed by atoms with E-state index >= 15 is 0 Å². The van der Waals surface area contributed by atoms with Gasteiger partial charge in [-0.1, -0.05) is 17.0 Å². The first-order chi connectivity index (χ1) is 1.73. The van der Waals surface area contributed by atoms with Gasteiger partial charge in [0.2, 0.25) is 0 Å². The summed E-state index contributed by atoms with van der Waals surface area (Å²) in [6, 6.07) is 0. The summed E-state index contributed by atoms with van der Waals surface area (Å²) < 4.78 is 18.0. The molecule has 0 saturated carbocycles. The van der Waals surface area contributed by atoms with E-state index in [1.54, 1.807) is 0 Å². The summed E-state index contributed by atoms with van der Waals surface area (Å²) in [7, 11) is -1.86. The predicted molar refractivity (Wildman–Crippen MR) is 23.4 cm³/mol. The maximum absolute atomic E-state index is 9.00. The number of hydrogen-bond donors (Lipinski definition) is 0. The van der Waals surface area contributed by atoms with Gasteiger partial charge in [0.15, 0.2) is 0 Å². The fourth-order valence-corrected chi connectivity index (χ4v) is 0. The third kappa shape index (κ3) is 58.0. The molecule has 0 aliphatic rings. The summed E-state index contributed by atoms with van der Waals surface area (Å²) in [5, 5.41) is 0. The van der Waals surface area contributed by atoms with Gasteiger partial charge in [0.25, 0.3) is 0 Å². The molecule has 0 radical (unpaired) electrons. The molecule has 5 heteroatoms. The Labute approximate surface area is 68.0 Å². The van der Waals surface area contributed by atoms with Gasteiger partial charge in [-0.05, 0) is 0 Å². The molecule has 2 nitrogen and oxygen atoms in total. The molecule has 0 N–H and O–H groups in total. The van der Waals surface area contributed by atoms with E-state index in [4.69, 9.17) is 8.42 Å². The molecular formula is CH4NaO2S2-. The largest absolute Gasteiger partial charge is 1.00 e. The number of thiol groups is 1. The Hall–Kier alpha value is 1.30. The molecule has 0 aliphatic carbocycles.